The van der Waals surface area contributed by atoms with E-state index in [9.17, 15) is 14.7 Å². The Morgan fingerprint density at radius 1 is 1.12 bits per heavy atom. The molecular formula is C34H34N2O6S. The lowest BCUT2D eigenvalue weighted by Crippen LogP contribution is -2.29. The van der Waals surface area contributed by atoms with E-state index in [1.807, 2.05) is 45.0 Å². The summed E-state index contributed by atoms with van der Waals surface area (Å²) in [4.78, 5) is 33.8. The van der Waals surface area contributed by atoms with E-state index in [2.05, 4.69) is 6.92 Å². The Morgan fingerprint density at radius 2 is 1.93 bits per heavy atom. The largest absolute Gasteiger partial charge is 0.507 e. The van der Waals surface area contributed by atoms with Crippen LogP contribution in [0, 0.1) is 13.8 Å². The smallest absolute Gasteiger partial charge is 0.301 e. The molecule has 2 atom stereocenters. The number of thiazole rings is 1. The molecular weight excluding hydrogens is 564 g/mol. The number of aromatic nitrogens is 1. The van der Waals surface area contributed by atoms with Crippen LogP contribution in [0.1, 0.15) is 60.5 Å². The average molecular weight is 599 g/mol. The molecule has 43 heavy (non-hydrogen) atoms. The zero-order chi connectivity index (χ0) is 30.4. The van der Waals surface area contributed by atoms with Crippen molar-refractivity contribution < 1.29 is 28.9 Å². The molecule has 6 rings (SSSR count). The summed E-state index contributed by atoms with van der Waals surface area (Å²) in [6.45, 7) is 8.60. The molecule has 0 bridgehead atoms. The molecule has 2 aliphatic rings. The van der Waals surface area contributed by atoms with Crippen LogP contribution in [0.15, 0.2) is 54.1 Å². The standard InChI is InChI=1S/C34H34N2O6S/c1-6-7-12-41-25-11-8-21(17-26(25)40-5)30-28(31(37)22-9-10-24-23(16-22)15-20(4)42-24)32(38)33(39)36(30)34-35-29-19(3)13-18(2)14-27(29)43-34/h8-11,13-14,16-17,20,30,37H,6-7,12,15H2,1-5H3. The number of ether oxygens (including phenoxy) is 3. The van der Waals surface area contributed by atoms with E-state index in [1.54, 1.807) is 31.4 Å². The van der Waals surface area contributed by atoms with Crippen LogP contribution in [-0.4, -0.2) is 41.6 Å². The van der Waals surface area contributed by atoms with Crippen molar-refractivity contribution in [2.45, 2.75) is 59.1 Å². The minimum atomic E-state index is -0.941. The van der Waals surface area contributed by atoms with Gasteiger partial charge in [0.05, 0.1) is 35.5 Å². The van der Waals surface area contributed by atoms with Gasteiger partial charge in [-0.25, -0.2) is 4.98 Å². The summed E-state index contributed by atoms with van der Waals surface area (Å²) in [5, 5.41) is 12.1. The van der Waals surface area contributed by atoms with Gasteiger partial charge in [-0.1, -0.05) is 36.8 Å². The predicted molar refractivity (Wildman–Crippen MR) is 168 cm³/mol. The molecule has 4 aromatic rings. The molecule has 1 N–H and O–H groups in total. The summed E-state index contributed by atoms with van der Waals surface area (Å²) in [5.41, 5.74) is 4.80. The number of nitrogens with zero attached hydrogens (tertiary/aromatic N) is 2. The van der Waals surface area contributed by atoms with Gasteiger partial charge in [-0.05, 0) is 85.8 Å². The third-order valence-corrected chi connectivity index (χ3v) is 8.90. The monoisotopic (exact) mass is 598 g/mol. The molecule has 1 fully saturated rings. The molecule has 3 aromatic carbocycles. The van der Waals surface area contributed by atoms with Crippen LogP contribution >= 0.6 is 11.3 Å². The van der Waals surface area contributed by atoms with Gasteiger partial charge in [0.15, 0.2) is 16.6 Å². The summed E-state index contributed by atoms with van der Waals surface area (Å²) >= 11 is 1.34. The number of aliphatic hydroxyl groups excluding tert-OH is 1. The number of unbranched alkanes of at least 4 members (excludes halogenated alkanes) is 1. The number of aliphatic hydroxyl groups is 1. The summed E-state index contributed by atoms with van der Waals surface area (Å²) in [5.74, 6) is 0.0182. The van der Waals surface area contributed by atoms with E-state index in [4.69, 9.17) is 19.2 Å². The Labute approximate surface area is 254 Å². The van der Waals surface area contributed by atoms with Gasteiger partial charge >= 0.3 is 5.91 Å². The molecule has 3 heterocycles. The Kier molecular flexibility index (Phi) is 7.60. The maximum Gasteiger partial charge on any atom is 0.301 e. The highest BCUT2D eigenvalue weighted by molar-refractivity contribution is 7.22. The highest BCUT2D eigenvalue weighted by atomic mass is 32.1. The summed E-state index contributed by atoms with van der Waals surface area (Å²) in [6.07, 6.45) is 2.60. The molecule has 222 valence electrons. The Morgan fingerprint density at radius 3 is 2.70 bits per heavy atom. The van der Waals surface area contributed by atoms with Crippen molar-refractivity contribution in [2.75, 3.05) is 18.6 Å². The van der Waals surface area contributed by atoms with Crippen molar-refractivity contribution in [3.05, 3.63) is 81.9 Å². The fourth-order valence-electron chi connectivity index (χ4n) is 5.83. The van der Waals surface area contributed by atoms with Gasteiger partial charge in [-0.2, -0.15) is 0 Å². The van der Waals surface area contributed by atoms with Crippen molar-refractivity contribution >= 4 is 44.1 Å². The summed E-state index contributed by atoms with van der Waals surface area (Å²) in [6, 6.07) is 13.8. The maximum absolute atomic E-state index is 13.8. The minimum Gasteiger partial charge on any atom is -0.507 e. The highest BCUT2D eigenvalue weighted by Gasteiger charge is 2.48. The number of anilines is 1. The second-order valence-corrected chi connectivity index (χ2v) is 12.2. The number of rotatable bonds is 8. The summed E-state index contributed by atoms with van der Waals surface area (Å²) in [7, 11) is 1.55. The number of ketones is 1. The van der Waals surface area contributed by atoms with Crippen molar-refractivity contribution in [1.29, 1.82) is 0 Å². The van der Waals surface area contributed by atoms with Gasteiger partial charge in [0, 0.05) is 12.0 Å². The van der Waals surface area contributed by atoms with Crippen LogP contribution in [0.25, 0.3) is 16.0 Å². The van der Waals surface area contributed by atoms with Gasteiger partial charge in [0.25, 0.3) is 5.78 Å². The van der Waals surface area contributed by atoms with E-state index in [-0.39, 0.29) is 17.4 Å². The van der Waals surface area contributed by atoms with E-state index in [0.29, 0.717) is 40.8 Å². The van der Waals surface area contributed by atoms with Crippen molar-refractivity contribution in [1.82, 2.24) is 4.98 Å². The third kappa shape index (κ3) is 5.12. The van der Waals surface area contributed by atoms with E-state index in [0.717, 1.165) is 45.5 Å². The maximum atomic E-state index is 13.8. The molecule has 0 saturated carbocycles. The van der Waals surface area contributed by atoms with Crippen molar-refractivity contribution in [3.8, 4) is 17.2 Å². The number of methoxy groups -OCH3 is 1. The zero-order valence-corrected chi connectivity index (χ0v) is 25.7. The second kappa shape index (κ2) is 11.4. The lowest BCUT2D eigenvalue weighted by atomic mass is 9.94. The number of carbonyl (C=O) groups excluding carboxylic acids is 2. The molecule has 2 unspecified atom stereocenters. The molecule has 9 heteroatoms. The van der Waals surface area contributed by atoms with Crippen LogP contribution in [0.5, 0.6) is 17.2 Å². The van der Waals surface area contributed by atoms with E-state index >= 15 is 0 Å². The quantitative estimate of drug-likeness (QED) is 0.100. The van der Waals surface area contributed by atoms with Crippen molar-refractivity contribution in [2.24, 2.45) is 0 Å². The Hall–Kier alpha value is -4.37. The molecule has 0 aliphatic carbocycles. The van der Waals surface area contributed by atoms with Gasteiger partial charge in [0.1, 0.15) is 17.6 Å². The number of fused-ring (bicyclic) bond motifs is 2. The number of hydrogen-bond acceptors (Lipinski definition) is 8. The van der Waals surface area contributed by atoms with Crippen LogP contribution in [0.2, 0.25) is 0 Å². The molecule has 0 radical (unpaired) electrons. The second-order valence-electron chi connectivity index (χ2n) is 11.2. The molecule has 1 aromatic heterocycles. The number of amides is 1. The lowest BCUT2D eigenvalue weighted by Gasteiger charge is -2.24. The van der Waals surface area contributed by atoms with E-state index < -0.39 is 17.7 Å². The molecule has 1 amide bonds. The summed E-state index contributed by atoms with van der Waals surface area (Å²) < 4.78 is 18.4. The van der Waals surface area contributed by atoms with Crippen LogP contribution in [0.3, 0.4) is 0 Å². The number of hydrogen-bond donors (Lipinski definition) is 1. The number of Topliss-reactive ketones (excluding diaryl/α,β-unsaturated/α-hetero) is 1. The number of benzene rings is 3. The van der Waals surface area contributed by atoms with Crippen LogP contribution in [-0.2, 0) is 16.0 Å². The first kappa shape index (κ1) is 28.7. The topological polar surface area (TPSA) is 98.2 Å². The van der Waals surface area contributed by atoms with Gasteiger partial charge in [0.2, 0.25) is 0 Å². The molecule has 0 spiro atoms. The molecule has 1 saturated heterocycles. The van der Waals surface area contributed by atoms with Gasteiger partial charge in [-0.3, -0.25) is 14.5 Å². The Bertz CT molecular complexity index is 1790. The van der Waals surface area contributed by atoms with E-state index in [1.165, 1.54) is 16.2 Å². The highest BCUT2D eigenvalue weighted by Crippen LogP contribution is 2.46. The predicted octanol–water partition coefficient (Wildman–Crippen LogP) is 7.05. The first-order chi connectivity index (χ1) is 20.7. The SMILES string of the molecule is CCCCOc1ccc(C2C(=C(O)c3ccc4c(c3)CC(C)O4)C(=O)C(=O)N2c2nc3c(C)cc(C)cc3s2)cc1OC. The molecule has 8 nitrogen and oxygen atoms in total. The first-order valence-corrected chi connectivity index (χ1v) is 15.3. The van der Waals surface area contributed by atoms with Gasteiger partial charge < -0.3 is 19.3 Å². The lowest BCUT2D eigenvalue weighted by molar-refractivity contribution is -0.132. The average Bonchev–Trinajstić information content (AvgIpc) is 3.65. The zero-order valence-electron chi connectivity index (χ0n) is 24.9. The fraction of sp³-hybridized carbons (Fsp3) is 0.324. The number of carbonyl (C=O) groups is 2. The van der Waals surface area contributed by atoms with Gasteiger partial charge in [-0.15, -0.1) is 0 Å². The Balaban J connectivity index is 1.52. The minimum absolute atomic E-state index is 0.00854. The number of aryl methyl sites for hydroxylation is 2. The fourth-order valence-corrected chi connectivity index (χ4v) is 7.00. The normalized spacial score (nSPS) is 19.1. The molecule has 2 aliphatic heterocycles. The van der Waals surface area contributed by atoms with Crippen molar-refractivity contribution in [3.63, 3.8) is 0 Å². The third-order valence-electron chi connectivity index (χ3n) is 7.90. The van der Waals surface area contributed by atoms with Crippen LogP contribution in [0.4, 0.5) is 5.13 Å². The first-order valence-electron chi connectivity index (χ1n) is 14.5. The van der Waals surface area contributed by atoms with Crippen LogP contribution < -0.4 is 19.1 Å².